The summed E-state index contributed by atoms with van der Waals surface area (Å²) in [5.74, 6) is -0.0214. The van der Waals surface area contributed by atoms with E-state index >= 15 is 0 Å². The summed E-state index contributed by atoms with van der Waals surface area (Å²) in [5.41, 5.74) is 4.36. The van der Waals surface area contributed by atoms with Crippen LogP contribution in [-0.2, 0) is 16.6 Å². The quantitative estimate of drug-likeness (QED) is 0.778. The van der Waals surface area contributed by atoms with E-state index in [9.17, 15) is 9.59 Å². The minimum atomic E-state index is -0.0634. The van der Waals surface area contributed by atoms with E-state index in [2.05, 4.69) is 32.9 Å². The van der Waals surface area contributed by atoms with Crippen molar-refractivity contribution in [2.24, 2.45) is 0 Å². The normalized spacial score (nSPS) is 19.5. The van der Waals surface area contributed by atoms with Crippen LogP contribution in [0.25, 0.3) is 0 Å². The van der Waals surface area contributed by atoms with Crippen LogP contribution in [0.2, 0.25) is 0 Å². The standard InChI is InChI=1S/C23H26N2O2/c1-23(2,3)18-10-8-17(9-11-18)22(27)24-14-20-19-7-5-4-6-16(19)12-13-25(20)21(26)15-24/h4-11,20H,12-15H2,1-3H3. The van der Waals surface area contributed by atoms with Gasteiger partial charge in [0.25, 0.3) is 5.91 Å². The van der Waals surface area contributed by atoms with Gasteiger partial charge >= 0.3 is 0 Å². The Balaban J connectivity index is 1.58. The first-order valence-electron chi connectivity index (χ1n) is 9.62. The Morgan fingerprint density at radius 1 is 1.04 bits per heavy atom. The summed E-state index contributed by atoms with van der Waals surface area (Å²) in [6, 6.07) is 16.0. The minimum Gasteiger partial charge on any atom is -0.332 e. The number of benzene rings is 2. The van der Waals surface area contributed by atoms with Crippen molar-refractivity contribution in [2.45, 2.75) is 38.6 Å². The number of fused-ring (bicyclic) bond motifs is 3. The maximum atomic E-state index is 13.0. The molecule has 2 heterocycles. The van der Waals surface area contributed by atoms with Gasteiger partial charge < -0.3 is 9.80 Å². The van der Waals surface area contributed by atoms with Crippen molar-refractivity contribution in [3.8, 4) is 0 Å². The van der Waals surface area contributed by atoms with E-state index in [1.54, 1.807) is 4.90 Å². The van der Waals surface area contributed by atoms with Gasteiger partial charge in [0, 0.05) is 18.7 Å². The number of hydrogen-bond acceptors (Lipinski definition) is 2. The van der Waals surface area contributed by atoms with Gasteiger partial charge in [-0.15, -0.1) is 0 Å². The Kier molecular flexibility index (Phi) is 4.29. The summed E-state index contributed by atoms with van der Waals surface area (Å²) < 4.78 is 0. The number of amides is 2. The van der Waals surface area contributed by atoms with Crippen LogP contribution in [0.4, 0.5) is 0 Å². The summed E-state index contributed by atoms with van der Waals surface area (Å²) in [7, 11) is 0. The molecule has 0 spiro atoms. The molecule has 27 heavy (non-hydrogen) atoms. The van der Waals surface area contributed by atoms with Gasteiger partial charge in [-0.2, -0.15) is 0 Å². The van der Waals surface area contributed by atoms with Gasteiger partial charge in [0.1, 0.15) is 6.54 Å². The molecule has 0 N–H and O–H groups in total. The van der Waals surface area contributed by atoms with Crippen molar-refractivity contribution in [3.05, 3.63) is 70.8 Å². The van der Waals surface area contributed by atoms with Crippen LogP contribution >= 0.6 is 0 Å². The zero-order chi connectivity index (χ0) is 19.2. The van der Waals surface area contributed by atoms with E-state index in [1.165, 1.54) is 16.7 Å². The lowest BCUT2D eigenvalue weighted by Gasteiger charge is -2.44. The molecule has 4 nitrogen and oxygen atoms in total. The Labute approximate surface area is 160 Å². The zero-order valence-electron chi connectivity index (χ0n) is 16.2. The van der Waals surface area contributed by atoms with Crippen LogP contribution in [0.1, 0.15) is 53.9 Å². The lowest BCUT2D eigenvalue weighted by atomic mass is 9.86. The third kappa shape index (κ3) is 3.25. The molecule has 0 aromatic heterocycles. The number of carbonyl (C=O) groups is 2. The molecule has 0 saturated carbocycles. The molecule has 0 aliphatic carbocycles. The molecule has 2 aliphatic rings. The molecule has 2 aromatic rings. The highest BCUT2D eigenvalue weighted by Gasteiger charge is 2.38. The van der Waals surface area contributed by atoms with E-state index in [-0.39, 0.29) is 29.8 Å². The van der Waals surface area contributed by atoms with Crippen molar-refractivity contribution >= 4 is 11.8 Å². The number of nitrogens with zero attached hydrogens (tertiary/aromatic N) is 2. The summed E-state index contributed by atoms with van der Waals surface area (Å²) in [6.07, 6.45) is 0.890. The van der Waals surface area contributed by atoms with E-state index in [0.29, 0.717) is 12.1 Å². The predicted molar refractivity (Wildman–Crippen MR) is 106 cm³/mol. The van der Waals surface area contributed by atoms with Gasteiger partial charge in [0.2, 0.25) is 5.91 Å². The molecule has 1 unspecified atom stereocenters. The average molecular weight is 362 g/mol. The third-order valence-electron chi connectivity index (χ3n) is 5.74. The molecule has 2 aliphatic heterocycles. The number of rotatable bonds is 1. The van der Waals surface area contributed by atoms with E-state index < -0.39 is 0 Å². The Morgan fingerprint density at radius 2 is 1.74 bits per heavy atom. The molecule has 0 bridgehead atoms. The number of piperazine rings is 1. The van der Waals surface area contributed by atoms with Gasteiger partial charge in [-0.1, -0.05) is 57.2 Å². The molecule has 4 heteroatoms. The molecule has 140 valence electrons. The van der Waals surface area contributed by atoms with E-state index in [1.807, 2.05) is 41.3 Å². The van der Waals surface area contributed by atoms with Crippen LogP contribution < -0.4 is 0 Å². The largest absolute Gasteiger partial charge is 0.332 e. The van der Waals surface area contributed by atoms with Gasteiger partial charge in [-0.3, -0.25) is 9.59 Å². The van der Waals surface area contributed by atoms with Gasteiger partial charge in [-0.05, 0) is 40.7 Å². The average Bonchev–Trinajstić information content (AvgIpc) is 2.66. The lowest BCUT2D eigenvalue weighted by Crippen LogP contribution is -2.55. The van der Waals surface area contributed by atoms with Crippen molar-refractivity contribution < 1.29 is 9.59 Å². The summed E-state index contributed by atoms with van der Waals surface area (Å²) in [6.45, 7) is 7.93. The predicted octanol–water partition coefficient (Wildman–Crippen LogP) is 3.57. The van der Waals surface area contributed by atoms with Crippen LogP contribution in [0.15, 0.2) is 48.5 Å². The second kappa shape index (κ2) is 6.52. The van der Waals surface area contributed by atoms with Crippen molar-refractivity contribution in [1.29, 1.82) is 0 Å². The summed E-state index contributed by atoms with van der Waals surface area (Å²) >= 11 is 0. The highest BCUT2D eigenvalue weighted by molar-refractivity contribution is 5.97. The lowest BCUT2D eigenvalue weighted by molar-refractivity contribution is -0.139. The maximum absolute atomic E-state index is 13.0. The van der Waals surface area contributed by atoms with Gasteiger partial charge in [0.15, 0.2) is 0 Å². The van der Waals surface area contributed by atoms with Crippen molar-refractivity contribution in [2.75, 3.05) is 19.6 Å². The van der Waals surface area contributed by atoms with E-state index in [4.69, 9.17) is 0 Å². The number of hydrogen-bond donors (Lipinski definition) is 0. The van der Waals surface area contributed by atoms with E-state index in [0.717, 1.165) is 13.0 Å². The van der Waals surface area contributed by atoms with Crippen LogP contribution in [-0.4, -0.2) is 41.2 Å². The van der Waals surface area contributed by atoms with Crippen LogP contribution in [0.5, 0.6) is 0 Å². The molecule has 2 aromatic carbocycles. The van der Waals surface area contributed by atoms with Crippen molar-refractivity contribution in [1.82, 2.24) is 9.80 Å². The fourth-order valence-electron chi connectivity index (χ4n) is 4.12. The van der Waals surface area contributed by atoms with Gasteiger partial charge in [-0.25, -0.2) is 0 Å². The Hall–Kier alpha value is -2.62. The Bertz CT molecular complexity index is 880. The van der Waals surface area contributed by atoms with Crippen LogP contribution in [0.3, 0.4) is 0 Å². The monoisotopic (exact) mass is 362 g/mol. The fourth-order valence-corrected chi connectivity index (χ4v) is 4.12. The Morgan fingerprint density at radius 3 is 2.44 bits per heavy atom. The van der Waals surface area contributed by atoms with Crippen molar-refractivity contribution in [3.63, 3.8) is 0 Å². The molecule has 4 rings (SSSR count). The second-order valence-electron chi connectivity index (χ2n) is 8.56. The number of carbonyl (C=O) groups excluding carboxylic acids is 2. The third-order valence-corrected chi connectivity index (χ3v) is 5.74. The molecule has 1 saturated heterocycles. The second-order valence-corrected chi connectivity index (χ2v) is 8.56. The first-order chi connectivity index (χ1) is 12.8. The summed E-state index contributed by atoms with van der Waals surface area (Å²) in [5, 5.41) is 0. The zero-order valence-corrected chi connectivity index (χ0v) is 16.2. The molecule has 1 atom stereocenters. The SMILES string of the molecule is CC(C)(C)c1ccc(C(=O)N2CC(=O)N3CCc4ccccc4C3C2)cc1. The molecular formula is C23H26N2O2. The molecule has 2 amide bonds. The minimum absolute atomic E-state index is 0.0333. The first kappa shape index (κ1) is 17.8. The topological polar surface area (TPSA) is 40.6 Å². The molecule has 1 fully saturated rings. The van der Waals surface area contributed by atoms with Crippen LogP contribution in [0, 0.1) is 0 Å². The molecular weight excluding hydrogens is 336 g/mol. The maximum Gasteiger partial charge on any atom is 0.254 e. The first-order valence-corrected chi connectivity index (χ1v) is 9.62. The fraction of sp³-hybridized carbons (Fsp3) is 0.391. The highest BCUT2D eigenvalue weighted by atomic mass is 16.2. The molecule has 0 radical (unpaired) electrons. The smallest absolute Gasteiger partial charge is 0.254 e. The van der Waals surface area contributed by atoms with Gasteiger partial charge in [0.05, 0.1) is 6.04 Å². The summed E-state index contributed by atoms with van der Waals surface area (Å²) in [4.78, 5) is 29.4. The highest BCUT2D eigenvalue weighted by Crippen LogP contribution is 2.33.